The van der Waals surface area contributed by atoms with Crippen LogP contribution in [0.25, 0.3) is 0 Å². The molecule has 0 aliphatic heterocycles. The first-order valence-electron chi connectivity index (χ1n) is 10.4. The highest BCUT2D eigenvalue weighted by molar-refractivity contribution is 5.43. The smallest absolute Gasteiger partial charge is 0.0133 e. The molecule has 0 amide bonds. The largest absolute Gasteiger partial charge is 0.0622 e. The van der Waals surface area contributed by atoms with Crippen molar-refractivity contribution < 1.29 is 0 Å². The van der Waals surface area contributed by atoms with Gasteiger partial charge in [-0.3, -0.25) is 0 Å². The lowest BCUT2D eigenvalue weighted by atomic mass is 9.76. The van der Waals surface area contributed by atoms with Gasteiger partial charge in [0.1, 0.15) is 0 Å². The van der Waals surface area contributed by atoms with Crippen LogP contribution in [0.3, 0.4) is 0 Å². The maximum absolute atomic E-state index is 2.34. The zero-order chi connectivity index (χ0) is 20.4. The van der Waals surface area contributed by atoms with Crippen LogP contribution >= 0.6 is 0 Å². The summed E-state index contributed by atoms with van der Waals surface area (Å²) in [7, 11) is 0. The highest BCUT2D eigenvalue weighted by atomic mass is 14.3. The Morgan fingerprint density at radius 2 is 1.18 bits per heavy atom. The summed E-state index contributed by atoms with van der Waals surface area (Å²) in [5.41, 5.74) is 7.36. The van der Waals surface area contributed by atoms with E-state index in [1.165, 1.54) is 27.8 Å². The Labute approximate surface area is 171 Å². The van der Waals surface area contributed by atoms with Crippen LogP contribution in [0.4, 0.5) is 0 Å². The summed E-state index contributed by atoms with van der Waals surface area (Å²) in [6.45, 7) is 13.8. The Morgan fingerprint density at radius 1 is 0.607 bits per heavy atom. The molecule has 0 aliphatic carbocycles. The van der Waals surface area contributed by atoms with E-state index in [9.17, 15) is 0 Å². The van der Waals surface area contributed by atoms with Gasteiger partial charge in [-0.25, -0.2) is 0 Å². The number of rotatable bonds is 4. The average molecular weight is 371 g/mol. The topological polar surface area (TPSA) is 0 Å². The first-order chi connectivity index (χ1) is 13.2. The molecule has 1 unspecified atom stereocenters. The molecule has 0 saturated heterocycles. The second kappa shape index (κ2) is 7.95. The predicted octanol–water partition coefficient (Wildman–Crippen LogP) is 7.66. The summed E-state index contributed by atoms with van der Waals surface area (Å²) >= 11 is 0. The van der Waals surface area contributed by atoms with Crippen LogP contribution in [0.1, 0.15) is 75.3 Å². The van der Waals surface area contributed by atoms with Crippen molar-refractivity contribution in [2.45, 2.75) is 64.7 Å². The van der Waals surface area contributed by atoms with Gasteiger partial charge >= 0.3 is 0 Å². The zero-order valence-corrected chi connectivity index (χ0v) is 18.3. The minimum atomic E-state index is 0.122. The minimum absolute atomic E-state index is 0.122. The van der Waals surface area contributed by atoms with E-state index < -0.39 is 0 Å². The molecular weight excluding hydrogens is 336 g/mol. The van der Waals surface area contributed by atoms with Gasteiger partial charge in [-0.05, 0) is 45.1 Å². The summed E-state index contributed by atoms with van der Waals surface area (Å²) in [4.78, 5) is 0. The standard InChI is InChI=1S/C28H34/c1-27(2,3)23-18-16-22(17-19-23)25(20-21-12-8-7-9-13-21)24-14-10-11-15-26(24)28(4,5)6/h7-19,25H,20H2,1-6H3. The van der Waals surface area contributed by atoms with Gasteiger partial charge in [0, 0.05) is 5.92 Å². The highest BCUT2D eigenvalue weighted by Gasteiger charge is 2.24. The van der Waals surface area contributed by atoms with Crippen LogP contribution in [-0.2, 0) is 17.3 Å². The maximum Gasteiger partial charge on any atom is 0.0133 e. The summed E-state index contributed by atoms with van der Waals surface area (Å²) < 4.78 is 0. The van der Waals surface area contributed by atoms with Crippen molar-refractivity contribution in [3.8, 4) is 0 Å². The van der Waals surface area contributed by atoms with E-state index in [1.807, 2.05) is 0 Å². The van der Waals surface area contributed by atoms with Crippen molar-refractivity contribution in [2.24, 2.45) is 0 Å². The van der Waals surface area contributed by atoms with Gasteiger partial charge in [-0.1, -0.05) is 120 Å². The van der Waals surface area contributed by atoms with Crippen LogP contribution in [0, 0.1) is 0 Å². The van der Waals surface area contributed by atoms with Crippen molar-refractivity contribution in [3.05, 3.63) is 107 Å². The Morgan fingerprint density at radius 3 is 1.75 bits per heavy atom. The zero-order valence-electron chi connectivity index (χ0n) is 18.3. The molecular formula is C28H34. The third kappa shape index (κ3) is 4.73. The highest BCUT2D eigenvalue weighted by Crippen LogP contribution is 2.36. The van der Waals surface area contributed by atoms with Crippen LogP contribution in [0.5, 0.6) is 0 Å². The van der Waals surface area contributed by atoms with Gasteiger partial charge in [-0.15, -0.1) is 0 Å². The van der Waals surface area contributed by atoms with E-state index in [1.54, 1.807) is 0 Å². The molecule has 3 aromatic carbocycles. The predicted molar refractivity (Wildman–Crippen MR) is 122 cm³/mol. The van der Waals surface area contributed by atoms with Crippen molar-refractivity contribution in [1.29, 1.82) is 0 Å². The number of hydrogen-bond donors (Lipinski definition) is 0. The Hall–Kier alpha value is -2.34. The lowest BCUT2D eigenvalue weighted by molar-refractivity contribution is 0.575. The minimum Gasteiger partial charge on any atom is -0.0622 e. The maximum atomic E-state index is 2.34. The molecule has 0 heteroatoms. The van der Waals surface area contributed by atoms with Gasteiger partial charge < -0.3 is 0 Å². The Kier molecular flexibility index (Phi) is 5.79. The molecule has 0 aromatic heterocycles. The third-order valence-electron chi connectivity index (χ3n) is 5.61. The van der Waals surface area contributed by atoms with E-state index in [0.717, 1.165) is 6.42 Å². The fourth-order valence-electron chi connectivity index (χ4n) is 3.96. The summed E-state index contributed by atoms with van der Waals surface area (Å²) in [5.74, 6) is 0.354. The quantitative estimate of drug-likeness (QED) is 0.442. The first-order valence-corrected chi connectivity index (χ1v) is 10.4. The lowest BCUT2D eigenvalue weighted by Crippen LogP contribution is -2.18. The molecule has 0 radical (unpaired) electrons. The Balaban J connectivity index is 2.09. The summed E-state index contributed by atoms with van der Waals surface area (Å²) in [5, 5.41) is 0. The molecule has 146 valence electrons. The van der Waals surface area contributed by atoms with E-state index in [-0.39, 0.29) is 10.8 Å². The summed E-state index contributed by atoms with van der Waals surface area (Å²) in [6.07, 6.45) is 1.02. The van der Waals surface area contributed by atoms with Gasteiger partial charge in [0.25, 0.3) is 0 Å². The van der Waals surface area contributed by atoms with E-state index in [4.69, 9.17) is 0 Å². The van der Waals surface area contributed by atoms with Gasteiger partial charge in [-0.2, -0.15) is 0 Å². The van der Waals surface area contributed by atoms with Crippen LogP contribution in [0.15, 0.2) is 78.9 Å². The molecule has 28 heavy (non-hydrogen) atoms. The molecule has 0 spiro atoms. The molecule has 0 heterocycles. The molecule has 0 fully saturated rings. The normalized spacial score (nSPS) is 13.4. The molecule has 0 nitrogen and oxygen atoms in total. The average Bonchev–Trinajstić information content (AvgIpc) is 2.66. The molecule has 0 saturated carbocycles. The van der Waals surface area contributed by atoms with Crippen molar-refractivity contribution in [3.63, 3.8) is 0 Å². The van der Waals surface area contributed by atoms with Gasteiger partial charge in [0.05, 0.1) is 0 Å². The van der Waals surface area contributed by atoms with Crippen LogP contribution in [0.2, 0.25) is 0 Å². The van der Waals surface area contributed by atoms with Gasteiger partial charge in [0.2, 0.25) is 0 Å². The lowest BCUT2D eigenvalue weighted by Gasteiger charge is -2.29. The third-order valence-corrected chi connectivity index (χ3v) is 5.61. The molecule has 0 bridgehead atoms. The number of hydrogen-bond acceptors (Lipinski definition) is 0. The molecule has 0 aliphatic rings. The molecule has 1 atom stereocenters. The molecule has 3 aromatic rings. The van der Waals surface area contributed by atoms with Crippen LogP contribution in [-0.4, -0.2) is 0 Å². The van der Waals surface area contributed by atoms with Gasteiger partial charge in [0.15, 0.2) is 0 Å². The fraction of sp³-hybridized carbons (Fsp3) is 0.357. The second-order valence-electron chi connectivity index (χ2n) is 9.95. The van der Waals surface area contributed by atoms with Crippen molar-refractivity contribution in [1.82, 2.24) is 0 Å². The van der Waals surface area contributed by atoms with E-state index in [2.05, 4.69) is 120 Å². The SMILES string of the molecule is CC(C)(C)c1ccc(C(Cc2ccccc2)c2ccccc2C(C)(C)C)cc1. The van der Waals surface area contributed by atoms with Crippen molar-refractivity contribution >= 4 is 0 Å². The molecule has 3 rings (SSSR count). The van der Waals surface area contributed by atoms with Crippen molar-refractivity contribution in [2.75, 3.05) is 0 Å². The van der Waals surface area contributed by atoms with E-state index in [0.29, 0.717) is 5.92 Å². The second-order valence-corrected chi connectivity index (χ2v) is 9.95. The molecule has 0 N–H and O–H groups in total. The summed E-state index contributed by atoms with van der Waals surface area (Å²) in [6, 6.07) is 29.2. The first kappa shape index (κ1) is 20.4. The monoisotopic (exact) mass is 370 g/mol. The fourth-order valence-corrected chi connectivity index (χ4v) is 3.96. The van der Waals surface area contributed by atoms with Crippen LogP contribution < -0.4 is 0 Å². The van der Waals surface area contributed by atoms with E-state index >= 15 is 0 Å². The Bertz CT molecular complexity index is 887. The number of benzene rings is 3.